The molecule has 1 rings (SSSR count). The standard InChI is InChI=1S/C11H17N3O5S/c1-7-9(3-4-10(15)16)8(2)14(11(17)13-7)5-6-20(12,18)19/h3-6H2,1-2H3,(H,15,16)(H2,12,18,19). The van der Waals surface area contributed by atoms with Gasteiger partial charge in [0.1, 0.15) is 0 Å². The van der Waals surface area contributed by atoms with Crippen LogP contribution in [-0.2, 0) is 27.8 Å². The van der Waals surface area contributed by atoms with Gasteiger partial charge in [-0.1, -0.05) is 0 Å². The molecule has 0 atom stereocenters. The maximum absolute atomic E-state index is 11.8. The van der Waals surface area contributed by atoms with Gasteiger partial charge >= 0.3 is 11.7 Å². The fraction of sp³-hybridized carbons (Fsp3) is 0.545. The first-order valence-electron chi connectivity index (χ1n) is 5.91. The lowest BCUT2D eigenvalue weighted by Crippen LogP contribution is -2.31. The number of aliphatic carboxylic acids is 1. The van der Waals surface area contributed by atoms with Gasteiger partial charge in [0, 0.05) is 24.4 Å². The molecular formula is C11H17N3O5S. The van der Waals surface area contributed by atoms with Crippen molar-refractivity contribution in [2.45, 2.75) is 33.2 Å². The van der Waals surface area contributed by atoms with Crippen molar-refractivity contribution in [1.29, 1.82) is 0 Å². The Morgan fingerprint density at radius 3 is 2.50 bits per heavy atom. The van der Waals surface area contributed by atoms with Crippen LogP contribution in [0, 0.1) is 13.8 Å². The molecule has 112 valence electrons. The second-order valence-corrected chi connectivity index (χ2v) is 6.19. The van der Waals surface area contributed by atoms with E-state index in [1.165, 1.54) is 4.57 Å². The van der Waals surface area contributed by atoms with Crippen molar-refractivity contribution in [2.75, 3.05) is 5.75 Å². The van der Waals surface area contributed by atoms with Gasteiger partial charge in [0.2, 0.25) is 10.0 Å². The summed E-state index contributed by atoms with van der Waals surface area (Å²) < 4.78 is 23.1. The summed E-state index contributed by atoms with van der Waals surface area (Å²) in [6.45, 7) is 3.16. The van der Waals surface area contributed by atoms with Crippen LogP contribution in [0.4, 0.5) is 0 Å². The Bertz CT molecular complexity index is 678. The Hall–Kier alpha value is -1.74. The Morgan fingerprint density at radius 1 is 1.40 bits per heavy atom. The highest BCUT2D eigenvalue weighted by molar-refractivity contribution is 7.89. The first-order chi connectivity index (χ1) is 9.11. The number of carboxylic acids is 1. The molecule has 8 nitrogen and oxygen atoms in total. The fourth-order valence-electron chi connectivity index (χ4n) is 1.92. The quantitative estimate of drug-likeness (QED) is 0.704. The number of primary sulfonamides is 1. The molecule has 0 saturated heterocycles. The van der Waals surface area contributed by atoms with E-state index in [-0.39, 0.29) is 25.1 Å². The van der Waals surface area contributed by atoms with Crippen LogP contribution >= 0.6 is 0 Å². The van der Waals surface area contributed by atoms with Crippen molar-refractivity contribution in [3.05, 3.63) is 27.4 Å². The van der Waals surface area contributed by atoms with Crippen LogP contribution in [-0.4, -0.2) is 34.8 Å². The highest BCUT2D eigenvalue weighted by Crippen LogP contribution is 2.12. The van der Waals surface area contributed by atoms with E-state index in [0.717, 1.165) is 0 Å². The average Bonchev–Trinajstić information content (AvgIpc) is 2.25. The number of carbonyl (C=O) groups is 1. The summed E-state index contributed by atoms with van der Waals surface area (Å²) in [4.78, 5) is 26.2. The van der Waals surface area contributed by atoms with Crippen LogP contribution in [0.2, 0.25) is 0 Å². The third-order valence-corrected chi connectivity index (χ3v) is 3.71. The van der Waals surface area contributed by atoms with E-state index in [0.29, 0.717) is 17.0 Å². The van der Waals surface area contributed by atoms with Gasteiger partial charge in [-0.3, -0.25) is 9.36 Å². The molecule has 0 aliphatic carbocycles. The fourth-order valence-corrected chi connectivity index (χ4v) is 2.35. The van der Waals surface area contributed by atoms with Crippen molar-refractivity contribution < 1.29 is 18.3 Å². The molecule has 20 heavy (non-hydrogen) atoms. The number of nitrogens with zero attached hydrogens (tertiary/aromatic N) is 2. The summed E-state index contributed by atoms with van der Waals surface area (Å²) in [6, 6.07) is 0. The van der Waals surface area contributed by atoms with Crippen LogP contribution in [0.1, 0.15) is 23.4 Å². The lowest BCUT2D eigenvalue weighted by atomic mass is 10.1. The van der Waals surface area contributed by atoms with E-state index in [2.05, 4.69) is 4.98 Å². The van der Waals surface area contributed by atoms with E-state index >= 15 is 0 Å². The van der Waals surface area contributed by atoms with Crippen molar-refractivity contribution in [3.8, 4) is 0 Å². The molecule has 1 heterocycles. The van der Waals surface area contributed by atoms with Crippen molar-refractivity contribution in [1.82, 2.24) is 9.55 Å². The van der Waals surface area contributed by atoms with Gasteiger partial charge in [-0.25, -0.2) is 18.4 Å². The number of carboxylic acid groups (broad SMARTS) is 1. The average molecular weight is 303 g/mol. The predicted octanol–water partition coefficient (Wildman–Crippen LogP) is -0.834. The van der Waals surface area contributed by atoms with E-state index in [1.807, 2.05) is 0 Å². The number of nitrogens with two attached hydrogens (primary N) is 1. The van der Waals surface area contributed by atoms with Crippen LogP contribution in [0.15, 0.2) is 4.79 Å². The first kappa shape index (κ1) is 16.3. The molecule has 0 spiro atoms. The molecule has 0 fully saturated rings. The molecule has 9 heteroatoms. The number of sulfonamides is 1. The number of aryl methyl sites for hydroxylation is 1. The summed E-state index contributed by atoms with van der Waals surface area (Å²) >= 11 is 0. The zero-order valence-corrected chi connectivity index (χ0v) is 12.1. The molecule has 0 bridgehead atoms. The second-order valence-electron chi connectivity index (χ2n) is 4.46. The smallest absolute Gasteiger partial charge is 0.348 e. The minimum Gasteiger partial charge on any atom is -0.481 e. The molecule has 1 aromatic heterocycles. The minimum absolute atomic E-state index is 0.0866. The predicted molar refractivity (Wildman–Crippen MR) is 71.9 cm³/mol. The molecule has 0 saturated carbocycles. The molecular weight excluding hydrogens is 286 g/mol. The Labute approximate surface area is 116 Å². The zero-order chi connectivity index (χ0) is 15.5. The lowest BCUT2D eigenvalue weighted by Gasteiger charge is -2.14. The maximum atomic E-state index is 11.8. The molecule has 0 unspecified atom stereocenters. The minimum atomic E-state index is -3.69. The number of rotatable bonds is 6. The van der Waals surface area contributed by atoms with Gasteiger partial charge in [0.25, 0.3) is 0 Å². The van der Waals surface area contributed by atoms with Gasteiger partial charge < -0.3 is 5.11 Å². The van der Waals surface area contributed by atoms with E-state index < -0.39 is 21.7 Å². The zero-order valence-electron chi connectivity index (χ0n) is 11.3. The molecule has 0 aliphatic heterocycles. The van der Waals surface area contributed by atoms with Gasteiger partial charge in [0.15, 0.2) is 0 Å². The Kier molecular flexibility index (Phi) is 5.01. The maximum Gasteiger partial charge on any atom is 0.348 e. The first-order valence-corrected chi connectivity index (χ1v) is 7.62. The van der Waals surface area contributed by atoms with Crippen LogP contribution in [0.25, 0.3) is 0 Å². The molecule has 0 aliphatic rings. The van der Waals surface area contributed by atoms with Crippen LogP contribution < -0.4 is 10.8 Å². The molecule has 0 aromatic carbocycles. The molecule has 1 aromatic rings. The van der Waals surface area contributed by atoms with Crippen molar-refractivity contribution in [3.63, 3.8) is 0 Å². The van der Waals surface area contributed by atoms with Crippen molar-refractivity contribution >= 4 is 16.0 Å². The lowest BCUT2D eigenvalue weighted by molar-refractivity contribution is -0.136. The third kappa shape index (κ3) is 4.42. The number of aromatic nitrogens is 2. The number of hydrogen-bond acceptors (Lipinski definition) is 5. The molecule has 0 radical (unpaired) electrons. The van der Waals surface area contributed by atoms with Gasteiger partial charge in [0.05, 0.1) is 5.75 Å². The highest BCUT2D eigenvalue weighted by Gasteiger charge is 2.14. The van der Waals surface area contributed by atoms with Gasteiger partial charge in [-0.05, 0) is 25.8 Å². The van der Waals surface area contributed by atoms with Gasteiger partial charge in [-0.2, -0.15) is 4.98 Å². The SMILES string of the molecule is Cc1nc(=O)n(CCS(N)(=O)=O)c(C)c1CCC(=O)O. The van der Waals surface area contributed by atoms with Crippen LogP contribution in [0.5, 0.6) is 0 Å². The monoisotopic (exact) mass is 303 g/mol. The molecule has 3 N–H and O–H groups in total. The number of hydrogen-bond donors (Lipinski definition) is 2. The summed E-state index contributed by atoms with van der Waals surface area (Å²) in [5, 5.41) is 13.6. The van der Waals surface area contributed by atoms with E-state index in [9.17, 15) is 18.0 Å². The molecule has 0 amide bonds. The Morgan fingerprint density at radius 2 is 2.00 bits per heavy atom. The summed E-state index contributed by atoms with van der Waals surface area (Å²) in [6.07, 6.45) is 0.145. The van der Waals surface area contributed by atoms with E-state index in [4.69, 9.17) is 10.2 Å². The summed E-state index contributed by atoms with van der Waals surface area (Å²) in [5.74, 6) is -1.33. The van der Waals surface area contributed by atoms with Crippen LogP contribution in [0.3, 0.4) is 0 Å². The second kappa shape index (κ2) is 6.14. The largest absolute Gasteiger partial charge is 0.481 e. The highest BCUT2D eigenvalue weighted by atomic mass is 32.2. The third-order valence-electron chi connectivity index (χ3n) is 2.96. The van der Waals surface area contributed by atoms with E-state index in [1.54, 1.807) is 13.8 Å². The van der Waals surface area contributed by atoms with Crippen molar-refractivity contribution in [2.24, 2.45) is 5.14 Å². The normalized spacial score (nSPS) is 11.6. The van der Waals surface area contributed by atoms with Gasteiger partial charge in [-0.15, -0.1) is 0 Å². The summed E-state index contributed by atoms with van der Waals surface area (Å²) in [7, 11) is -3.69. The Balaban J connectivity index is 3.15. The summed E-state index contributed by atoms with van der Waals surface area (Å²) in [5.41, 5.74) is 1.05. The topological polar surface area (TPSA) is 132 Å².